The number of pyridine rings is 1. The van der Waals surface area contributed by atoms with E-state index in [0.29, 0.717) is 17.1 Å². The highest BCUT2D eigenvalue weighted by Crippen LogP contribution is 2.23. The van der Waals surface area contributed by atoms with Crippen molar-refractivity contribution in [2.24, 2.45) is 0 Å². The highest BCUT2D eigenvalue weighted by Gasteiger charge is 2.15. The van der Waals surface area contributed by atoms with Gasteiger partial charge in [0.15, 0.2) is 0 Å². The summed E-state index contributed by atoms with van der Waals surface area (Å²) >= 11 is 0. The van der Waals surface area contributed by atoms with Crippen LogP contribution in [-0.4, -0.2) is 20.9 Å². The molecule has 3 rings (SSSR count). The summed E-state index contributed by atoms with van der Waals surface area (Å²) in [6.07, 6.45) is 0.227. The minimum Gasteiger partial charge on any atom is -0.320 e. The topological polar surface area (TPSA) is 77.0 Å². The number of nitrogens with one attached hydrogen (secondary N) is 1. The van der Waals surface area contributed by atoms with E-state index in [1.807, 2.05) is 30.3 Å². The number of hydrogen-bond donors (Lipinski definition) is 1. The van der Waals surface area contributed by atoms with E-state index >= 15 is 0 Å². The van der Waals surface area contributed by atoms with Crippen molar-refractivity contribution in [2.45, 2.75) is 13.3 Å². The molecule has 1 aromatic carbocycles. The van der Waals surface area contributed by atoms with Crippen LogP contribution in [0.3, 0.4) is 0 Å². The van der Waals surface area contributed by atoms with Gasteiger partial charge in [-0.3, -0.25) is 4.79 Å². The van der Waals surface area contributed by atoms with Crippen LogP contribution in [0, 0.1) is 0 Å². The van der Waals surface area contributed by atoms with Gasteiger partial charge in [-0.25, -0.2) is 4.79 Å². The van der Waals surface area contributed by atoms with Gasteiger partial charge in [-0.05, 0) is 12.1 Å². The van der Waals surface area contributed by atoms with Gasteiger partial charge in [-0.1, -0.05) is 48.2 Å². The highest BCUT2D eigenvalue weighted by atomic mass is 16.7. The lowest BCUT2D eigenvalue weighted by molar-refractivity contribution is -0.145. The van der Waals surface area contributed by atoms with Crippen LogP contribution in [0.15, 0.2) is 59.4 Å². The molecular weight excluding hydrogens is 294 g/mol. The minimum atomic E-state index is -0.410. The van der Waals surface area contributed by atoms with Gasteiger partial charge in [0.1, 0.15) is 5.69 Å². The Morgan fingerprint density at radius 1 is 1.17 bits per heavy atom. The van der Waals surface area contributed by atoms with Crippen LogP contribution in [-0.2, 0) is 4.79 Å². The number of carbonyl (C=O) groups excluding carboxylic acids is 1. The molecule has 6 nitrogen and oxygen atoms in total. The fourth-order valence-electron chi connectivity index (χ4n) is 2.12. The molecule has 2 aromatic heterocycles. The fourth-order valence-corrected chi connectivity index (χ4v) is 2.12. The molecule has 0 spiro atoms. The van der Waals surface area contributed by atoms with Crippen molar-refractivity contribution in [2.75, 3.05) is 0 Å². The number of benzene rings is 1. The maximum Gasteiger partial charge on any atom is 0.334 e. The van der Waals surface area contributed by atoms with Crippen molar-refractivity contribution >= 4 is 5.97 Å². The Labute approximate surface area is 132 Å². The van der Waals surface area contributed by atoms with E-state index < -0.39 is 5.97 Å². The summed E-state index contributed by atoms with van der Waals surface area (Å²) in [6, 6.07) is 16.1. The molecule has 116 valence electrons. The fraction of sp³-hybridized carbons (Fsp3) is 0.118. The number of hydrogen-bond acceptors (Lipinski definition) is 4. The van der Waals surface area contributed by atoms with Gasteiger partial charge >= 0.3 is 5.97 Å². The average Bonchev–Trinajstić information content (AvgIpc) is 2.99. The highest BCUT2D eigenvalue weighted by molar-refractivity contribution is 5.71. The van der Waals surface area contributed by atoms with Gasteiger partial charge in [0.2, 0.25) is 5.56 Å². The molecule has 0 saturated carbocycles. The third-order valence-corrected chi connectivity index (χ3v) is 3.27. The second-order valence-electron chi connectivity index (χ2n) is 4.90. The number of rotatable bonds is 4. The standard InChI is InChI=1S/C17H15N3O3/c1-2-17(22)23-20-15(13-9-6-10-16(21)18-13)11-14(19-20)12-7-4-3-5-8-12/h3-11H,2H2,1H3,(H,18,21). The average molecular weight is 309 g/mol. The van der Waals surface area contributed by atoms with E-state index in [0.717, 1.165) is 10.4 Å². The first-order chi connectivity index (χ1) is 11.2. The van der Waals surface area contributed by atoms with Gasteiger partial charge in [-0.15, -0.1) is 5.10 Å². The molecule has 3 aromatic rings. The predicted molar refractivity (Wildman–Crippen MR) is 85.6 cm³/mol. The Balaban J connectivity index is 2.10. The Morgan fingerprint density at radius 3 is 2.65 bits per heavy atom. The SMILES string of the molecule is CCC(=O)On1nc(-c2ccccc2)cc1-c1cccc(=O)[nH]1. The molecule has 0 atom stereocenters. The molecule has 0 amide bonds. The van der Waals surface area contributed by atoms with Crippen LogP contribution in [0.2, 0.25) is 0 Å². The number of carbonyl (C=O) groups is 1. The van der Waals surface area contributed by atoms with E-state index in [4.69, 9.17) is 4.84 Å². The van der Waals surface area contributed by atoms with Crippen LogP contribution in [0.5, 0.6) is 0 Å². The molecular formula is C17H15N3O3. The van der Waals surface area contributed by atoms with Crippen molar-refractivity contribution in [1.82, 2.24) is 14.9 Å². The largest absolute Gasteiger partial charge is 0.334 e. The van der Waals surface area contributed by atoms with Crippen LogP contribution in [0.1, 0.15) is 13.3 Å². The van der Waals surface area contributed by atoms with E-state index in [2.05, 4.69) is 10.1 Å². The lowest BCUT2D eigenvalue weighted by Gasteiger charge is -2.05. The number of H-pyrrole nitrogens is 1. The monoisotopic (exact) mass is 309 g/mol. The molecule has 0 saturated heterocycles. The van der Waals surface area contributed by atoms with Crippen molar-refractivity contribution in [3.8, 4) is 22.6 Å². The van der Waals surface area contributed by atoms with Crippen molar-refractivity contribution in [3.05, 3.63) is 65.0 Å². The van der Waals surface area contributed by atoms with E-state index in [-0.39, 0.29) is 12.0 Å². The number of nitrogens with zero attached hydrogens (tertiary/aromatic N) is 2. The molecule has 0 radical (unpaired) electrons. The second kappa shape index (κ2) is 6.31. The quantitative estimate of drug-likeness (QED) is 0.802. The van der Waals surface area contributed by atoms with Crippen molar-refractivity contribution in [1.29, 1.82) is 0 Å². The van der Waals surface area contributed by atoms with Crippen molar-refractivity contribution in [3.63, 3.8) is 0 Å². The summed E-state index contributed by atoms with van der Waals surface area (Å²) in [6.45, 7) is 1.70. The summed E-state index contributed by atoms with van der Waals surface area (Å²) in [7, 11) is 0. The third kappa shape index (κ3) is 3.21. The number of aromatic amines is 1. The summed E-state index contributed by atoms with van der Waals surface area (Å²) in [5.41, 5.74) is 2.32. The Kier molecular flexibility index (Phi) is 4.05. The van der Waals surface area contributed by atoms with Crippen LogP contribution in [0.4, 0.5) is 0 Å². The molecule has 0 fully saturated rings. The maximum atomic E-state index is 11.6. The Bertz CT molecular complexity index is 881. The van der Waals surface area contributed by atoms with E-state index in [9.17, 15) is 9.59 Å². The molecule has 2 heterocycles. The Hall–Kier alpha value is -3.15. The first-order valence-corrected chi connectivity index (χ1v) is 7.23. The summed E-state index contributed by atoms with van der Waals surface area (Å²) in [5.74, 6) is -0.410. The zero-order valence-corrected chi connectivity index (χ0v) is 12.5. The normalized spacial score (nSPS) is 10.5. The number of aromatic nitrogens is 3. The predicted octanol–water partition coefficient (Wildman–Crippen LogP) is 2.27. The van der Waals surface area contributed by atoms with E-state index in [1.165, 1.54) is 6.07 Å². The van der Waals surface area contributed by atoms with Gasteiger partial charge in [0, 0.05) is 18.1 Å². The lowest BCUT2D eigenvalue weighted by atomic mass is 10.1. The van der Waals surface area contributed by atoms with Crippen LogP contribution >= 0.6 is 0 Å². The first-order valence-electron chi connectivity index (χ1n) is 7.23. The second-order valence-corrected chi connectivity index (χ2v) is 4.90. The zero-order chi connectivity index (χ0) is 16.2. The van der Waals surface area contributed by atoms with Crippen LogP contribution < -0.4 is 10.4 Å². The molecule has 0 aliphatic rings. The summed E-state index contributed by atoms with van der Waals surface area (Å²) in [5, 5.41) is 4.33. The molecule has 23 heavy (non-hydrogen) atoms. The summed E-state index contributed by atoms with van der Waals surface area (Å²) < 4.78 is 0. The van der Waals surface area contributed by atoms with Gasteiger partial charge in [0.25, 0.3) is 0 Å². The molecule has 6 heteroatoms. The molecule has 1 N–H and O–H groups in total. The molecule has 0 bridgehead atoms. The Morgan fingerprint density at radius 2 is 1.96 bits per heavy atom. The minimum absolute atomic E-state index is 0.227. The zero-order valence-electron chi connectivity index (χ0n) is 12.5. The lowest BCUT2D eigenvalue weighted by Crippen LogP contribution is -2.21. The van der Waals surface area contributed by atoms with Gasteiger partial charge < -0.3 is 9.82 Å². The van der Waals surface area contributed by atoms with Crippen LogP contribution in [0.25, 0.3) is 22.6 Å². The van der Waals surface area contributed by atoms with E-state index in [1.54, 1.807) is 25.1 Å². The van der Waals surface area contributed by atoms with Gasteiger partial charge in [0.05, 0.1) is 11.4 Å². The van der Waals surface area contributed by atoms with Crippen molar-refractivity contribution < 1.29 is 9.63 Å². The molecule has 0 aliphatic carbocycles. The smallest absolute Gasteiger partial charge is 0.320 e. The molecule has 0 unspecified atom stereocenters. The third-order valence-electron chi connectivity index (χ3n) is 3.27. The first kappa shape index (κ1) is 14.8. The maximum absolute atomic E-state index is 11.6. The molecule has 0 aliphatic heterocycles. The summed E-state index contributed by atoms with van der Waals surface area (Å²) in [4.78, 5) is 32.3. The van der Waals surface area contributed by atoms with Gasteiger partial charge in [-0.2, -0.15) is 0 Å².